The fourth-order valence-electron chi connectivity index (χ4n) is 7.68. The number of ether oxygens (including phenoxy) is 2. The predicted octanol–water partition coefficient (Wildman–Crippen LogP) is 7.26. The highest BCUT2D eigenvalue weighted by atomic mass is 16.5. The van der Waals surface area contributed by atoms with Crippen molar-refractivity contribution in [1.82, 2.24) is 14.8 Å². The van der Waals surface area contributed by atoms with Gasteiger partial charge in [-0.3, -0.25) is 9.80 Å². The Hall–Kier alpha value is -2.70. The number of anilines is 1. The minimum Gasteiger partial charge on any atom is -0.493 e. The van der Waals surface area contributed by atoms with Gasteiger partial charge in [-0.05, 0) is 86.4 Å². The maximum atomic E-state index is 5.59. The Kier molecular flexibility index (Phi) is 8.27. The number of hydrogen-bond acceptors (Lipinski definition) is 5. The summed E-state index contributed by atoms with van der Waals surface area (Å²) in [6, 6.07) is 15.2. The lowest BCUT2D eigenvalue weighted by Gasteiger charge is -2.43. The van der Waals surface area contributed by atoms with Crippen LogP contribution in [-0.4, -0.2) is 73.3 Å². The molecular weight excluding hydrogens is 496 g/mol. The molecule has 0 bridgehead atoms. The molecule has 0 unspecified atom stereocenters. The van der Waals surface area contributed by atoms with E-state index in [-0.39, 0.29) is 0 Å². The molecule has 2 N–H and O–H groups in total. The van der Waals surface area contributed by atoms with Gasteiger partial charge in [0.15, 0.2) is 11.5 Å². The highest BCUT2D eigenvalue weighted by Gasteiger charge is 2.31. The zero-order valence-corrected chi connectivity index (χ0v) is 25.0. The molecule has 2 aromatic carbocycles. The quantitative estimate of drug-likeness (QED) is 0.313. The van der Waals surface area contributed by atoms with Gasteiger partial charge in [-0.1, -0.05) is 26.7 Å². The normalized spacial score (nSPS) is 23.2. The van der Waals surface area contributed by atoms with Crippen molar-refractivity contribution in [1.29, 1.82) is 0 Å². The molecule has 0 atom stereocenters. The van der Waals surface area contributed by atoms with Gasteiger partial charge in [0.25, 0.3) is 0 Å². The van der Waals surface area contributed by atoms with E-state index in [0.717, 1.165) is 34.8 Å². The molecule has 2 heterocycles. The predicted molar refractivity (Wildman–Crippen MR) is 166 cm³/mol. The van der Waals surface area contributed by atoms with Crippen LogP contribution in [0.3, 0.4) is 0 Å². The second-order valence-electron chi connectivity index (χ2n) is 12.6. The Bertz CT molecular complexity index is 1280. The number of methoxy groups -OCH3 is 2. The second kappa shape index (κ2) is 12.0. The van der Waals surface area contributed by atoms with E-state index >= 15 is 0 Å². The molecule has 3 aliphatic rings. The van der Waals surface area contributed by atoms with Crippen molar-refractivity contribution >= 4 is 16.6 Å². The molecule has 40 heavy (non-hydrogen) atoms. The molecule has 0 radical (unpaired) electrons. The maximum absolute atomic E-state index is 5.59. The van der Waals surface area contributed by atoms with E-state index in [0.29, 0.717) is 12.0 Å². The van der Waals surface area contributed by atoms with Gasteiger partial charge in [0, 0.05) is 66.5 Å². The molecule has 6 nitrogen and oxygen atoms in total. The van der Waals surface area contributed by atoms with Gasteiger partial charge in [0.2, 0.25) is 0 Å². The van der Waals surface area contributed by atoms with Crippen molar-refractivity contribution in [3.63, 3.8) is 0 Å². The largest absolute Gasteiger partial charge is 0.493 e. The number of hydrogen-bond donors (Lipinski definition) is 2. The first kappa shape index (κ1) is 27.5. The van der Waals surface area contributed by atoms with Crippen LogP contribution in [0.15, 0.2) is 36.4 Å². The molecule has 0 spiro atoms. The smallest absolute Gasteiger partial charge is 0.161 e. The van der Waals surface area contributed by atoms with E-state index in [2.05, 4.69) is 64.3 Å². The Morgan fingerprint density at radius 2 is 1.43 bits per heavy atom. The Labute approximate surface area is 240 Å². The molecule has 3 aromatic rings. The molecule has 6 rings (SSSR count). The van der Waals surface area contributed by atoms with Crippen LogP contribution in [0.25, 0.3) is 22.2 Å². The number of benzene rings is 2. The number of rotatable bonds is 8. The minimum atomic E-state index is 0.386. The SMILES string of the molecule is COc1ccc(-c2[nH]c3ccc(NC4CCC(N5CCN(C6CCCC6)CC5)CC4)cc3c2C(C)C)cc1OC. The molecule has 1 aromatic heterocycles. The minimum absolute atomic E-state index is 0.386. The first-order chi connectivity index (χ1) is 19.5. The van der Waals surface area contributed by atoms with E-state index in [1.807, 2.05) is 6.07 Å². The summed E-state index contributed by atoms with van der Waals surface area (Å²) in [5.41, 5.74) is 6.05. The molecule has 2 aliphatic carbocycles. The third-order valence-electron chi connectivity index (χ3n) is 9.86. The van der Waals surface area contributed by atoms with Crippen LogP contribution in [0.4, 0.5) is 5.69 Å². The summed E-state index contributed by atoms with van der Waals surface area (Å²) >= 11 is 0. The van der Waals surface area contributed by atoms with Crippen LogP contribution in [0.2, 0.25) is 0 Å². The van der Waals surface area contributed by atoms with E-state index in [4.69, 9.17) is 9.47 Å². The topological polar surface area (TPSA) is 52.8 Å². The monoisotopic (exact) mass is 544 g/mol. The summed E-state index contributed by atoms with van der Waals surface area (Å²) in [7, 11) is 3.37. The van der Waals surface area contributed by atoms with Crippen molar-refractivity contribution in [3.8, 4) is 22.8 Å². The van der Waals surface area contributed by atoms with Crippen molar-refractivity contribution < 1.29 is 9.47 Å². The maximum Gasteiger partial charge on any atom is 0.161 e. The second-order valence-corrected chi connectivity index (χ2v) is 12.6. The molecule has 2 saturated carbocycles. The third-order valence-corrected chi connectivity index (χ3v) is 9.86. The summed E-state index contributed by atoms with van der Waals surface area (Å²) in [5.74, 6) is 1.89. The number of fused-ring (bicyclic) bond motifs is 1. The fraction of sp³-hybridized carbons (Fsp3) is 0.588. The van der Waals surface area contributed by atoms with Crippen molar-refractivity contribution in [2.75, 3.05) is 45.7 Å². The van der Waals surface area contributed by atoms with Crippen LogP contribution in [0.1, 0.15) is 76.7 Å². The average Bonchev–Trinajstić information content (AvgIpc) is 3.66. The number of aromatic nitrogens is 1. The number of nitrogens with zero attached hydrogens (tertiary/aromatic N) is 2. The Morgan fingerprint density at radius 1 is 0.775 bits per heavy atom. The van der Waals surface area contributed by atoms with Crippen LogP contribution in [-0.2, 0) is 0 Å². The zero-order valence-electron chi connectivity index (χ0n) is 25.0. The van der Waals surface area contributed by atoms with Crippen LogP contribution in [0, 0.1) is 0 Å². The Morgan fingerprint density at radius 3 is 2.05 bits per heavy atom. The lowest BCUT2D eigenvalue weighted by molar-refractivity contribution is 0.0567. The number of nitrogens with one attached hydrogen (secondary N) is 2. The number of piperazine rings is 1. The summed E-state index contributed by atoms with van der Waals surface area (Å²) in [5, 5.41) is 5.22. The highest BCUT2D eigenvalue weighted by Crippen LogP contribution is 2.40. The molecule has 216 valence electrons. The Balaban J connectivity index is 1.11. The van der Waals surface area contributed by atoms with Crippen molar-refractivity contribution in [3.05, 3.63) is 42.0 Å². The molecule has 1 saturated heterocycles. The standard InChI is InChI=1S/C34H48N4O2/c1-23(2)33-29-22-26(12-15-30(29)36-34(33)24-9-16-31(39-3)32(21-24)40-4)35-25-10-13-28(14-11-25)38-19-17-37(18-20-38)27-7-5-6-8-27/h9,12,15-16,21-23,25,27-28,35-36H,5-8,10-11,13-14,17-20H2,1-4H3. The average molecular weight is 545 g/mol. The van der Waals surface area contributed by atoms with Gasteiger partial charge >= 0.3 is 0 Å². The number of aromatic amines is 1. The van der Waals surface area contributed by atoms with Crippen LogP contribution >= 0.6 is 0 Å². The van der Waals surface area contributed by atoms with Crippen molar-refractivity contribution in [2.24, 2.45) is 0 Å². The first-order valence-corrected chi connectivity index (χ1v) is 15.7. The van der Waals surface area contributed by atoms with Crippen LogP contribution in [0.5, 0.6) is 11.5 Å². The molecule has 3 fully saturated rings. The van der Waals surface area contributed by atoms with E-state index in [1.165, 1.54) is 99.7 Å². The van der Waals surface area contributed by atoms with Gasteiger partial charge in [-0.2, -0.15) is 0 Å². The summed E-state index contributed by atoms with van der Waals surface area (Å²) in [4.78, 5) is 9.30. The number of H-pyrrole nitrogens is 1. The van der Waals surface area contributed by atoms with E-state index in [1.54, 1.807) is 14.2 Å². The van der Waals surface area contributed by atoms with Gasteiger partial charge in [-0.15, -0.1) is 0 Å². The van der Waals surface area contributed by atoms with Gasteiger partial charge in [0.1, 0.15) is 0 Å². The van der Waals surface area contributed by atoms with Gasteiger partial charge < -0.3 is 19.8 Å². The molecule has 1 aliphatic heterocycles. The van der Waals surface area contributed by atoms with Gasteiger partial charge in [0.05, 0.1) is 19.9 Å². The summed E-state index contributed by atoms with van der Waals surface area (Å²) in [6.07, 6.45) is 10.9. The van der Waals surface area contributed by atoms with Gasteiger partial charge in [-0.25, -0.2) is 0 Å². The van der Waals surface area contributed by atoms with Crippen LogP contribution < -0.4 is 14.8 Å². The first-order valence-electron chi connectivity index (χ1n) is 15.7. The van der Waals surface area contributed by atoms with E-state index < -0.39 is 0 Å². The molecule has 6 heteroatoms. The highest BCUT2D eigenvalue weighted by molar-refractivity contribution is 5.93. The zero-order chi connectivity index (χ0) is 27.6. The summed E-state index contributed by atoms with van der Waals surface area (Å²) in [6.45, 7) is 9.66. The molecular formula is C34H48N4O2. The summed E-state index contributed by atoms with van der Waals surface area (Å²) < 4.78 is 11.1. The fourth-order valence-corrected chi connectivity index (χ4v) is 7.68. The van der Waals surface area contributed by atoms with E-state index in [9.17, 15) is 0 Å². The third kappa shape index (κ3) is 5.58. The molecule has 0 amide bonds. The lowest BCUT2D eigenvalue weighted by atomic mass is 9.89. The van der Waals surface area contributed by atoms with Crippen molar-refractivity contribution in [2.45, 2.75) is 89.3 Å². The lowest BCUT2D eigenvalue weighted by Crippen LogP contribution is -2.53.